The van der Waals surface area contributed by atoms with Crippen LogP contribution in [-0.4, -0.2) is 59.9 Å². The zero-order valence-electron chi connectivity index (χ0n) is 19.8. The van der Waals surface area contributed by atoms with Gasteiger partial charge in [-0.05, 0) is 56.0 Å². The number of hydrogen-bond donors (Lipinski definition) is 3. The number of aliphatic hydroxyl groups is 1. The lowest BCUT2D eigenvalue weighted by molar-refractivity contribution is 0.102. The highest BCUT2D eigenvalue weighted by Gasteiger charge is 2.18. The predicted molar refractivity (Wildman–Crippen MR) is 134 cm³/mol. The molecule has 182 valence electrons. The average Bonchev–Trinajstić information content (AvgIpc) is 3.27. The summed E-state index contributed by atoms with van der Waals surface area (Å²) in [7, 11) is 0. The third-order valence-electron chi connectivity index (χ3n) is 5.64. The van der Waals surface area contributed by atoms with E-state index in [1.807, 2.05) is 32.2 Å². The summed E-state index contributed by atoms with van der Waals surface area (Å²) in [6.07, 6.45) is 6.58. The number of rotatable bonds is 9. The molecule has 1 unspecified atom stereocenters. The van der Waals surface area contributed by atoms with Gasteiger partial charge in [-0.15, -0.1) is 0 Å². The van der Waals surface area contributed by atoms with Gasteiger partial charge >= 0.3 is 0 Å². The molecule has 0 saturated carbocycles. The molecule has 1 atom stereocenters. The number of aliphatic hydroxyl groups excluding tert-OH is 1. The Morgan fingerprint density at radius 1 is 1.42 bits per heavy atom. The minimum Gasteiger partial charge on any atom is -0.431 e. The molecule has 1 fully saturated rings. The lowest BCUT2D eigenvalue weighted by Gasteiger charge is -2.31. The van der Waals surface area contributed by atoms with E-state index in [4.69, 9.17) is 26.9 Å². The van der Waals surface area contributed by atoms with Gasteiger partial charge in [0.05, 0.1) is 17.3 Å². The molecule has 1 aromatic carbocycles. The van der Waals surface area contributed by atoms with Crippen LogP contribution < -0.4 is 11.1 Å². The highest BCUT2D eigenvalue weighted by molar-refractivity contribution is 6.34. The molecule has 0 bridgehead atoms. The van der Waals surface area contributed by atoms with Crippen LogP contribution in [0.4, 0.5) is 11.7 Å². The summed E-state index contributed by atoms with van der Waals surface area (Å²) in [5.41, 5.74) is 7.01. The van der Waals surface area contributed by atoms with Crippen molar-refractivity contribution in [3.05, 3.63) is 40.7 Å². The summed E-state index contributed by atoms with van der Waals surface area (Å²) < 4.78 is 4.87. The molecule has 9 heteroatoms. The van der Waals surface area contributed by atoms with Gasteiger partial charge < -0.3 is 25.5 Å². The van der Waals surface area contributed by atoms with Crippen molar-refractivity contribution in [3.8, 4) is 0 Å². The van der Waals surface area contributed by atoms with Crippen LogP contribution in [0, 0.1) is 5.92 Å². The second kappa shape index (κ2) is 14.0. The molecule has 1 aliphatic heterocycles. The van der Waals surface area contributed by atoms with Gasteiger partial charge in [-0.1, -0.05) is 38.4 Å². The Bertz CT molecular complexity index is 894. The number of β-amino-alcohol motifs (C(OH)–C–C–N with tert-alkyl or cyclic N) is 1. The monoisotopic (exact) mass is 477 g/mol. The van der Waals surface area contributed by atoms with Gasteiger partial charge in [0.2, 0.25) is 0 Å². The molecule has 2 aromatic rings. The standard InChI is InChI=1S/C22H30ClN5O3.C2H6/c1-15(13-25-7-4-16-5-8-28(9-6-16)10-11-29)17-2-3-18(23)19(12-17)26-21(30)20-14-31-22(24)27-20;1-2/h2-3,12-16,29H,4-11H2,1H3,(H2,24,27)(H,26,30);1-2H3. The molecule has 1 amide bonds. The lowest BCUT2D eigenvalue weighted by Crippen LogP contribution is -2.35. The van der Waals surface area contributed by atoms with Crippen LogP contribution in [0.15, 0.2) is 33.9 Å². The van der Waals surface area contributed by atoms with E-state index < -0.39 is 5.91 Å². The number of hydrogen-bond acceptors (Lipinski definition) is 7. The SMILES string of the molecule is CC.CC(C=NCCC1CCN(CCO)CC1)c1ccc(Cl)c(NC(=O)c2coc(N)n2)c1. The first-order chi connectivity index (χ1) is 16.0. The molecule has 1 aromatic heterocycles. The summed E-state index contributed by atoms with van der Waals surface area (Å²) in [5, 5.41) is 12.2. The zero-order valence-corrected chi connectivity index (χ0v) is 20.5. The number of benzene rings is 1. The van der Waals surface area contributed by atoms with Gasteiger partial charge in [0.25, 0.3) is 11.9 Å². The molecule has 0 radical (unpaired) electrons. The highest BCUT2D eigenvalue weighted by Crippen LogP contribution is 2.27. The molecule has 8 nitrogen and oxygen atoms in total. The molecule has 3 rings (SSSR count). The van der Waals surface area contributed by atoms with Crippen LogP contribution in [0.2, 0.25) is 5.02 Å². The smallest absolute Gasteiger partial charge is 0.292 e. The maximum atomic E-state index is 12.3. The van der Waals surface area contributed by atoms with E-state index in [-0.39, 0.29) is 24.2 Å². The minimum atomic E-state index is -0.439. The highest BCUT2D eigenvalue weighted by atomic mass is 35.5. The van der Waals surface area contributed by atoms with Crippen LogP contribution >= 0.6 is 11.6 Å². The van der Waals surface area contributed by atoms with Crippen molar-refractivity contribution in [2.75, 3.05) is 43.8 Å². The Morgan fingerprint density at radius 2 is 2.15 bits per heavy atom. The molecular weight excluding hydrogens is 442 g/mol. The number of amides is 1. The third kappa shape index (κ3) is 8.46. The number of carbonyl (C=O) groups excluding carboxylic acids is 1. The largest absolute Gasteiger partial charge is 0.431 e. The van der Waals surface area contributed by atoms with Crippen LogP contribution in [0.3, 0.4) is 0 Å². The first-order valence-electron chi connectivity index (χ1n) is 11.6. The van der Waals surface area contributed by atoms with Crippen molar-refractivity contribution in [2.24, 2.45) is 10.9 Å². The van der Waals surface area contributed by atoms with E-state index in [0.717, 1.165) is 38.2 Å². The van der Waals surface area contributed by atoms with E-state index in [1.165, 1.54) is 19.1 Å². The molecule has 0 aliphatic carbocycles. The van der Waals surface area contributed by atoms with Crippen molar-refractivity contribution in [2.45, 2.75) is 46.0 Å². The Hall–Kier alpha value is -2.42. The average molecular weight is 478 g/mol. The number of nitrogens with one attached hydrogen (secondary N) is 1. The van der Waals surface area contributed by atoms with E-state index in [9.17, 15) is 4.79 Å². The number of nitrogens with two attached hydrogens (primary N) is 1. The van der Waals surface area contributed by atoms with E-state index >= 15 is 0 Å². The maximum absolute atomic E-state index is 12.3. The molecule has 4 N–H and O–H groups in total. The van der Waals surface area contributed by atoms with Gasteiger partial charge in [0, 0.05) is 25.2 Å². The van der Waals surface area contributed by atoms with Crippen molar-refractivity contribution in [1.82, 2.24) is 9.88 Å². The first-order valence-corrected chi connectivity index (χ1v) is 12.0. The Kier molecular flexibility index (Phi) is 11.4. The summed E-state index contributed by atoms with van der Waals surface area (Å²) in [4.78, 5) is 23.0. The quantitative estimate of drug-likeness (QED) is 0.459. The minimum absolute atomic E-state index is 0.0643. The number of nitrogens with zero attached hydrogens (tertiary/aromatic N) is 3. The van der Waals surface area contributed by atoms with Crippen molar-refractivity contribution in [1.29, 1.82) is 0 Å². The number of aliphatic imine (C=N–C) groups is 1. The molecule has 0 spiro atoms. The first kappa shape index (κ1) is 26.8. The van der Waals surface area contributed by atoms with Gasteiger partial charge in [-0.3, -0.25) is 9.79 Å². The summed E-state index contributed by atoms with van der Waals surface area (Å²) in [5.74, 6) is 0.346. The van der Waals surface area contributed by atoms with Crippen molar-refractivity contribution < 1.29 is 14.3 Å². The fraction of sp³-hybridized carbons (Fsp3) is 0.542. The zero-order chi connectivity index (χ0) is 24.2. The van der Waals surface area contributed by atoms with Crippen LogP contribution in [-0.2, 0) is 0 Å². The van der Waals surface area contributed by atoms with Crippen LogP contribution in [0.5, 0.6) is 0 Å². The number of likely N-dealkylation sites (tertiary alicyclic amines) is 1. The van der Waals surface area contributed by atoms with Crippen LogP contribution in [0.25, 0.3) is 0 Å². The molecule has 1 aliphatic rings. The third-order valence-corrected chi connectivity index (χ3v) is 5.97. The summed E-state index contributed by atoms with van der Waals surface area (Å²) >= 11 is 6.25. The van der Waals surface area contributed by atoms with Crippen molar-refractivity contribution in [3.63, 3.8) is 0 Å². The Labute approximate surface area is 201 Å². The number of halogens is 1. The topological polar surface area (TPSA) is 117 Å². The Morgan fingerprint density at radius 3 is 2.79 bits per heavy atom. The van der Waals surface area contributed by atoms with E-state index in [1.54, 1.807) is 6.07 Å². The van der Waals surface area contributed by atoms with Crippen LogP contribution in [0.1, 0.15) is 62.0 Å². The maximum Gasteiger partial charge on any atom is 0.292 e. The van der Waals surface area contributed by atoms with E-state index in [2.05, 4.69) is 27.1 Å². The number of piperidine rings is 1. The van der Waals surface area contributed by atoms with Gasteiger partial charge in [0.1, 0.15) is 6.26 Å². The predicted octanol–water partition coefficient (Wildman–Crippen LogP) is 4.46. The number of nitrogen functional groups attached to an aromatic ring is 1. The fourth-order valence-corrected chi connectivity index (χ4v) is 3.88. The molecule has 1 saturated heterocycles. The summed E-state index contributed by atoms with van der Waals surface area (Å²) in [6.45, 7) is 10.00. The number of oxazole rings is 1. The fourth-order valence-electron chi connectivity index (χ4n) is 3.72. The second-order valence-electron chi connectivity index (χ2n) is 7.91. The number of aromatic nitrogens is 1. The lowest BCUT2D eigenvalue weighted by atomic mass is 9.93. The second-order valence-corrected chi connectivity index (χ2v) is 8.31. The van der Waals surface area contributed by atoms with Gasteiger partial charge in [-0.25, -0.2) is 0 Å². The van der Waals surface area contributed by atoms with Gasteiger partial charge in [0.15, 0.2) is 5.69 Å². The summed E-state index contributed by atoms with van der Waals surface area (Å²) in [6, 6.07) is 5.47. The number of anilines is 2. The van der Waals surface area contributed by atoms with E-state index in [0.29, 0.717) is 16.6 Å². The normalized spacial score (nSPS) is 15.8. The molecular formula is C24H36ClN5O3. The van der Waals surface area contributed by atoms with Crippen molar-refractivity contribution >= 4 is 35.4 Å². The number of carbonyl (C=O) groups is 1. The molecule has 2 heterocycles. The molecule has 33 heavy (non-hydrogen) atoms. The van der Waals surface area contributed by atoms with Gasteiger partial charge in [-0.2, -0.15) is 4.98 Å². The Balaban J connectivity index is 0.00000187.